The summed E-state index contributed by atoms with van der Waals surface area (Å²) in [4.78, 5) is 8.44. The second-order valence-corrected chi connectivity index (χ2v) is 4.93. The first-order chi connectivity index (χ1) is 9.72. The largest absolute Gasteiger partial charge is 0.306 e. The summed E-state index contributed by atoms with van der Waals surface area (Å²) in [5.41, 5.74) is 4.20. The molecule has 0 aliphatic carbocycles. The topological polar surface area (TPSA) is 55.1 Å². The van der Waals surface area contributed by atoms with Crippen molar-refractivity contribution >= 4 is 5.65 Å². The summed E-state index contributed by atoms with van der Waals surface area (Å²) in [7, 11) is 0. The fraction of sp³-hybridized carbons (Fsp3) is 0.267. The molecule has 0 aromatic carbocycles. The SMILES string of the molecule is Cc1cc2ncc(CN[C@H](C)c3ccncc3)cn2n1. The van der Waals surface area contributed by atoms with Crippen LogP contribution in [0.2, 0.25) is 0 Å². The molecule has 0 amide bonds. The van der Waals surface area contributed by atoms with Crippen molar-refractivity contribution in [3.63, 3.8) is 0 Å². The van der Waals surface area contributed by atoms with Gasteiger partial charge in [-0.1, -0.05) is 0 Å². The summed E-state index contributed by atoms with van der Waals surface area (Å²) in [6.45, 7) is 4.86. The molecule has 1 N–H and O–H groups in total. The molecule has 102 valence electrons. The molecule has 3 aromatic rings. The van der Waals surface area contributed by atoms with Crippen LogP contribution >= 0.6 is 0 Å². The molecule has 0 aliphatic heterocycles. The Balaban J connectivity index is 1.70. The molecule has 5 nitrogen and oxygen atoms in total. The molecule has 3 rings (SSSR count). The number of nitrogens with one attached hydrogen (secondary N) is 1. The van der Waals surface area contributed by atoms with E-state index in [1.165, 1.54) is 5.56 Å². The fourth-order valence-corrected chi connectivity index (χ4v) is 2.17. The summed E-state index contributed by atoms with van der Waals surface area (Å²) in [6, 6.07) is 6.29. The Morgan fingerprint density at radius 1 is 1.30 bits per heavy atom. The summed E-state index contributed by atoms with van der Waals surface area (Å²) in [6.07, 6.45) is 7.53. The van der Waals surface area contributed by atoms with Crippen LogP contribution in [0, 0.1) is 6.92 Å². The molecule has 3 heterocycles. The van der Waals surface area contributed by atoms with E-state index >= 15 is 0 Å². The predicted molar refractivity (Wildman–Crippen MR) is 77.2 cm³/mol. The molecule has 0 unspecified atom stereocenters. The summed E-state index contributed by atoms with van der Waals surface area (Å²) < 4.78 is 1.82. The maximum absolute atomic E-state index is 4.40. The maximum Gasteiger partial charge on any atom is 0.155 e. The highest BCUT2D eigenvalue weighted by atomic mass is 15.2. The summed E-state index contributed by atoms with van der Waals surface area (Å²) in [5, 5.41) is 7.86. The van der Waals surface area contributed by atoms with Gasteiger partial charge >= 0.3 is 0 Å². The standard InChI is InChI=1S/C15H17N5/c1-11-7-15-18-9-13(10-20(15)19-11)8-17-12(2)14-3-5-16-6-4-14/h3-7,9-10,12,17H,8H2,1-2H3/t12-/m1/s1. The van der Waals surface area contributed by atoms with Crippen LogP contribution in [-0.4, -0.2) is 19.6 Å². The van der Waals surface area contributed by atoms with Gasteiger partial charge in [0.15, 0.2) is 5.65 Å². The molecule has 0 bridgehead atoms. The van der Waals surface area contributed by atoms with Crippen LogP contribution in [0.5, 0.6) is 0 Å². The number of rotatable bonds is 4. The molecule has 3 aromatic heterocycles. The maximum atomic E-state index is 4.40. The van der Waals surface area contributed by atoms with E-state index in [0.29, 0.717) is 0 Å². The Kier molecular flexibility index (Phi) is 3.43. The third-order valence-electron chi connectivity index (χ3n) is 3.31. The lowest BCUT2D eigenvalue weighted by molar-refractivity contribution is 0.571. The van der Waals surface area contributed by atoms with Gasteiger partial charge in [-0.05, 0) is 31.5 Å². The first-order valence-electron chi connectivity index (χ1n) is 6.66. The van der Waals surface area contributed by atoms with Crippen LogP contribution in [0.1, 0.15) is 29.8 Å². The Bertz CT molecular complexity index is 705. The Labute approximate surface area is 117 Å². The van der Waals surface area contributed by atoms with E-state index in [1.54, 1.807) is 0 Å². The number of pyridine rings is 1. The van der Waals surface area contributed by atoms with Crippen LogP contribution in [0.3, 0.4) is 0 Å². The van der Waals surface area contributed by atoms with Gasteiger partial charge in [-0.2, -0.15) is 5.10 Å². The van der Waals surface area contributed by atoms with E-state index in [0.717, 1.165) is 23.4 Å². The lowest BCUT2D eigenvalue weighted by Crippen LogP contribution is -2.18. The van der Waals surface area contributed by atoms with E-state index in [-0.39, 0.29) is 6.04 Å². The van der Waals surface area contributed by atoms with Gasteiger partial charge in [0.05, 0.1) is 5.69 Å². The van der Waals surface area contributed by atoms with Crippen molar-refractivity contribution in [1.82, 2.24) is 24.9 Å². The van der Waals surface area contributed by atoms with Crippen molar-refractivity contribution in [2.24, 2.45) is 0 Å². The van der Waals surface area contributed by atoms with Crippen LogP contribution < -0.4 is 5.32 Å². The Morgan fingerprint density at radius 3 is 2.90 bits per heavy atom. The van der Waals surface area contributed by atoms with Gasteiger partial charge in [-0.25, -0.2) is 9.50 Å². The second kappa shape index (κ2) is 5.38. The molecule has 0 spiro atoms. The van der Waals surface area contributed by atoms with Gasteiger partial charge < -0.3 is 5.32 Å². The molecule has 1 atom stereocenters. The molecular weight excluding hydrogens is 250 g/mol. The smallest absolute Gasteiger partial charge is 0.155 e. The van der Waals surface area contributed by atoms with Crippen LogP contribution in [-0.2, 0) is 6.54 Å². The molecule has 0 fully saturated rings. The van der Waals surface area contributed by atoms with Gasteiger partial charge in [0.1, 0.15) is 0 Å². The van der Waals surface area contributed by atoms with E-state index in [4.69, 9.17) is 0 Å². The van der Waals surface area contributed by atoms with Crippen LogP contribution in [0.4, 0.5) is 0 Å². The lowest BCUT2D eigenvalue weighted by atomic mass is 10.1. The number of hydrogen-bond donors (Lipinski definition) is 1. The zero-order chi connectivity index (χ0) is 13.9. The zero-order valence-corrected chi connectivity index (χ0v) is 11.6. The second-order valence-electron chi connectivity index (χ2n) is 4.93. The van der Waals surface area contributed by atoms with Crippen molar-refractivity contribution in [2.45, 2.75) is 26.4 Å². The first-order valence-corrected chi connectivity index (χ1v) is 6.66. The number of hydrogen-bond acceptors (Lipinski definition) is 4. The summed E-state index contributed by atoms with van der Waals surface area (Å²) in [5.74, 6) is 0. The van der Waals surface area contributed by atoms with Gasteiger partial charge in [0, 0.05) is 49.0 Å². The lowest BCUT2D eigenvalue weighted by Gasteiger charge is -2.13. The minimum Gasteiger partial charge on any atom is -0.306 e. The van der Waals surface area contributed by atoms with Gasteiger partial charge in [-0.15, -0.1) is 0 Å². The normalized spacial score (nSPS) is 12.7. The van der Waals surface area contributed by atoms with Crippen molar-refractivity contribution < 1.29 is 0 Å². The number of nitrogens with zero attached hydrogens (tertiary/aromatic N) is 4. The van der Waals surface area contributed by atoms with Gasteiger partial charge in [0.2, 0.25) is 0 Å². The Hall–Kier alpha value is -2.27. The third kappa shape index (κ3) is 2.67. The quantitative estimate of drug-likeness (QED) is 0.788. The average Bonchev–Trinajstić information content (AvgIpc) is 2.85. The molecule has 20 heavy (non-hydrogen) atoms. The molecular formula is C15H17N5. The fourth-order valence-electron chi connectivity index (χ4n) is 2.17. The van der Waals surface area contributed by atoms with Gasteiger partial charge in [0.25, 0.3) is 0 Å². The van der Waals surface area contributed by atoms with Crippen molar-refractivity contribution in [1.29, 1.82) is 0 Å². The summed E-state index contributed by atoms with van der Waals surface area (Å²) >= 11 is 0. The molecule has 0 saturated carbocycles. The molecule has 0 radical (unpaired) electrons. The van der Waals surface area contributed by atoms with Crippen molar-refractivity contribution in [3.05, 3.63) is 59.8 Å². The third-order valence-corrected chi connectivity index (χ3v) is 3.31. The average molecular weight is 267 g/mol. The highest BCUT2D eigenvalue weighted by molar-refractivity contribution is 5.38. The predicted octanol–water partition coefficient (Wildman–Crippen LogP) is 2.28. The van der Waals surface area contributed by atoms with Crippen molar-refractivity contribution in [3.8, 4) is 0 Å². The van der Waals surface area contributed by atoms with E-state index in [9.17, 15) is 0 Å². The van der Waals surface area contributed by atoms with Crippen LogP contribution in [0.25, 0.3) is 5.65 Å². The van der Waals surface area contributed by atoms with Crippen molar-refractivity contribution in [2.75, 3.05) is 0 Å². The van der Waals surface area contributed by atoms with E-state index in [1.807, 2.05) is 54.4 Å². The minimum absolute atomic E-state index is 0.271. The van der Waals surface area contributed by atoms with E-state index < -0.39 is 0 Å². The first kappa shape index (κ1) is 12.7. The van der Waals surface area contributed by atoms with E-state index in [2.05, 4.69) is 27.3 Å². The highest BCUT2D eigenvalue weighted by Crippen LogP contribution is 2.11. The number of fused-ring (bicyclic) bond motifs is 1. The zero-order valence-electron chi connectivity index (χ0n) is 11.6. The van der Waals surface area contributed by atoms with Gasteiger partial charge in [-0.3, -0.25) is 4.98 Å². The highest BCUT2D eigenvalue weighted by Gasteiger charge is 2.05. The Morgan fingerprint density at radius 2 is 2.10 bits per heavy atom. The molecule has 0 aliphatic rings. The number of aromatic nitrogens is 4. The number of aryl methyl sites for hydroxylation is 1. The molecule has 5 heteroatoms. The minimum atomic E-state index is 0.271. The monoisotopic (exact) mass is 267 g/mol. The van der Waals surface area contributed by atoms with Crippen LogP contribution in [0.15, 0.2) is 43.0 Å². The molecule has 0 saturated heterocycles.